The lowest BCUT2D eigenvalue weighted by Gasteiger charge is -2.13. The summed E-state index contributed by atoms with van der Waals surface area (Å²) >= 11 is 0. The summed E-state index contributed by atoms with van der Waals surface area (Å²) in [6.45, 7) is 8.87. The molecule has 1 N–H and O–H groups in total. The molecule has 150 valence electrons. The van der Waals surface area contributed by atoms with Gasteiger partial charge < -0.3 is 9.47 Å². The first kappa shape index (κ1) is 20.5. The van der Waals surface area contributed by atoms with Gasteiger partial charge in [0.05, 0.1) is 19.0 Å². The molecule has 0 radical (unpaired) electrons. The van der Waals surface area contributed by atoms with Crippen LogP contribution in [0.2, 0.25) is 0 Å². The minimum atomic E-state index is 0.506. The standard InChI is InChI=1S/C25H28N2O2/c1-17-6-7-19(3)22(12-17)16-29-24-11-9-21(14-25(24)28-5)15-26-27-23-10-8-18(2)20(4)13-23/h6-15,27H,16H2,1-5H3/b26-15+. The lowest BCUT2D eigenvalue weighted by Crippen LogP contribution is -2.01. The van der Waals surface area contributed by atoms with E-state index in [2.05, 4.69) is 68.6 Å². The molecule has 0 aliphatic rings. The lowest BCUT2D eigenvalue weighted by atomic mass is 10.1. The normalized spacial score (nSPS) is 10.9. The maximum atomic E-state index is 6.02. The third-order valence-electron chi connectivity index (χ3n) is 4.99. The summed E-state index contributed by atoms with van der Waals surface area (Å²) in [6, 6.07) is 18.4. The van der Waals surface area contributed by atoms with Crippen LogP contribution in [-0.2, 0) is 6.61 Å². The van der Waals surface area contributed by atoms with Crippen molar-refractivity contribution in [3.05, 3.63) is 88.0 Å². The van der Waals surface area contributed by atoms with Crippen LogP contribution in [-0.4, -0.2) is 13.3 Å². The molecule has 0 aliphatic heterocycles. The maximum absolute atomic E-state index is 6.02. The van der Waals surface area contributed by atoms with Crippen molar-refractivity contribution in [2.45, 2.75) is 34.3 Å². The summed E-state index contributed by atoms with van der Waals surface area (Å²) in [5.74, 6) is 1.40. The van der Waals surface area contributed by atoms with Crippen LogP contribution in [0.15, 0.2) is 59.7 Å². The van der Waals surface area contributed by atoms with Crippen molar-refractivity contribution in [3.63, 3.8) is 0 Å². The van der Waals surface area contributed by atoms with Gasteiger partial charge in [0, 0.05) is 0 Å². The average Bonchev–Trinajstić information content (AvgIpc) is 2.71. The molecule has 0 aromatic heterocycles. The number of anilines is 1. The Labute approximate surface area is 173 Å². The molecule has 0 heterocycles. The summed E-state index contributed by atoms with van der Waals surface area (Å²) in [4.78, 5) is 0. The molecule has 0 saturated carbocycles. The summed E-state index contributed by atoms with van der Waals surface area (Å²) in [6.07, 6.45) is 1.77. The molecule has 4 nitrogen and oxygen atoms in total. The Morgan fingerprint density at radius 2 is 1.62 bits per heavy atom. The molecule has 0 fully saturated rings. The number of hydrogen-bond acceptors (Lipinski definition) is 4. The Kier molecular flexibility index (Phi) is 6.55. The third kappa shape index (κ3) is 5.38. The summed E-state index contributed by atoms with van der Waals surface area (Å²) < 4.78 is 11.5. The Hall–Kier alpha value is -3.27. The molecule has 0 unspecified atom stereocenters. The Balaban J connectivity index is 1.67. The Morgan fingerprint density at radius 1 is 0.828 bits per heavy atom. The SMILES string of the molecule is COc1cc(/C=N/Nc2ccc(C)c(C)c2)ccc1OCc1cc(C)ccc1C. The molecule has 0 bridgehead atoms. The molecule has 3 aromatic carbocycles. The topological polar surface area (TPSA) is 42.8 Å². The van der Waals surface area contributed by atoms with Crippen LogP contribution in [0.4, 0.5) is 5.69 Å². The molecule has 0 aliphatic carbocycles. The van der Waals surface area contributed by atoms with Crippen LogP contribution in [0, 0.1) is 27.7 Å². The lowest BCUT2D eigenvalue weighted by molar-refractivity contribution is 0.284. The van der Waals surface area contributed by atoms with E-state index in [1.807, 2.05) is 24.3 Å². The number of rotatable bonds is 7. The zero-order valence-electron chi connectivity index (χ0n) is 17.7. The average molecular weight is 389 g/mol. The smallest absolute Gasteiger partial charge is 0.161 e. The van der Waals surface area contributed by atoms with Gasteiger partial charge in [-0.3, -0.25) is 5.43 Å². The second-order valence-corrected chi connectivity index (χ2v) is 7.30. The van der Waals surface area contributed by atoms with Gasteiger partial charge in [-0.2, -0.15) is 5.10 Å². The first-order valence-electron chi connectivity index (χ1n) is 9.69. The van der Waals surface area contributed by atoms with Crippen LogP contribution in [0.5, 0.6) is 11.5 Å². The van der Waals surface area contributed by atoms with Crippen molar-refractivity contribution in [3.8, 4) is 11.5 Å². The van der Waals surface area contributed by atoms with Gasteiger partial charge in [-0.15, -0.1) is 0 Å². The fraction of sp³-hybridized carbons (Fsp3) is 0.240. The molecule has 0 amide bonds. The zero-order chi connectivity index (χ0) is 20.8. The number of methoxy groups -OCH3 is 1. The minimum absolute atomic E-state index is 0.506. The first-order valence-corrected chi connectivity index (χ1v) is 9.69. The second-order valence-electron chi connectivity index (χ2n) is 7.30. The van der Waals surface area contributed by atoms with Gasteiger partial charge in [-0.1, -0.05) is 29.8 Å². The van der Waals surface area contributed by atoms with Gasteiger partial charge in [-0.25, -0.2) is 0 Å². The number of nitrogens with zero attached hydrogens (tertiary/aromatic N) is 1. The molecule has 0 atom stereocenters. The number of hydrazone groups is 1. The molecule has 0 spiro atoms. The Bertz CT molecular complexity index is 1030. The van der Waals surface area contributed by atoms with E-state index in [-0.39, 0.29) is 0 Å². The van der Waals surface area contributed by atoms with Crippen molar-refractivity contribution >= 4 is 11.9 Å². The van der Waals surface area contributed by atoms with Crippen molar-refractivity contribution < 1.29 is 9.47 Å². The van der Waals surface area contributed by atoms with E-state index >= 15 is 0 Å². The predicted octanol–water partition coefficient (Wildman–Crippen LogP) is 5.95. The second kappa shape index (κ2) is 9.28. The number of nitrogens with one attached hydrogen (secondary N) is 1. The van der Waals surface area contributed by atoms with Crippen LogP contribution >= 0.6 is 0 Å². The van der Waals surface area contributed by atoms with E-state index in [4.69, 9.17) is 9.47 Å². The highest BCUT2D eigenvalue weighted by atomic mass is 16.5. The van der Waals surface area contributed by atoms with Crippen molar-refractivity contribution in [2.24, 2.45) is 5.10 Å². The van der Waals surface area contributed by atoms with Crippen molar-refractivity contribution in [1.82, 2.24) is 0 Å². The molecule has 29 heavy (non-hydrogen) atoms. The highest BCUT2D eigenvalue weighted by Gasteiger charge is 2.07. The van der Waals surface area contributed by atoms with Gasteiger partial charge in [0.15, 0.2) is 11.5 Å². The Morgan fingerprint density at radius 3 is 2.38 bits per heavy atom. The van der Waals surface area contributed by atoms with E-state index < -0.39 is 0 Å². The van der Waals surface area contributed by atoms with Crippen LogP contribution in [0.25, 0.3) is 0 Å². The third-order valence-corrected chi connectivity index (χ3v) is 4.99. The predicted molar refractivity (Wildman–Crippen MR) is 120 cm³/mol. The van der Waals surface area contributed by atoms with E-state index in [0.29, 0.717) is 18.1 Å². The molecular weight excluding hydrogens is 360 g/mol. The summed E-state index contributed by atoms with van der Waals surface area (Å²) in [7, 11) is 1.65. The van der Waals surface area contributed by atoms with Gasteiger partial charge in [0.1, 0.15) is 6.61 Å². The van der Waals surface area contributed by atoms with Gasteiger partial charge in [-0.05, 0) is 85.8 Å². The summed E-state index contributed by atoms with van der Waals surface area (Å²) in [5, 5.41) is 4.33. The number of benzene rings is 3. The van der Waals surface area contributed by atoms with Crippen LogP contribution < -0.4 is 14.9 Å². The molecule has 3 aromatic rings. The zero-order valence-corrected chi connectivity index (χ0v) is 17.7. The van der Waals surface area contributed by atoms with Crippen LogP contribution in [0.3, 0.4) is 0 Å². The van der Waals surface area contributed by atoms with Crippen LogP contribution in [0.1, 0.15) is 33.4 Å². The van der Waals surface area contributed by atoms with E-state index in [9.17, 15) is 0 Å². The summed E-state index contributed by atoms with van der Waals surface area (Å²) in [5.41, 5.74) is 11.1. The fourth-order valence-corrected chi connectivity index (χ4v) is 2.99. The fourth-order valence-electron chi connectivity index (χ4n) is 2.99. The van der Waals surface area contributed by atoms with Crippen molar-refractivity contribution in [1.29, 1.82) is 0 Å². The van der Waals surface area contributed by atoms with E-state index in [1.54, 1.807) is 13.3 Å². The molecule has 4 heteroatoms. The largest absolute Gasteiger partial charge is 0.493 e. The number of hydrogen-bond donors (Lipinski definition) is 1. The highest BCUT2D eigenvalue weighted by Crippen LogP contribution is 2.29. The van der Waals surface area contributed by atoms with E-state index in [0.717, 1.165) is 11.3 Å². The van der Waals surface area contributed by atoms with Gasteiger partial charge in [0.2, 0.25) is 0 Å². The quantitative estimate of drug-likeness (QED) is 0.401. The highest BCUT2D eigenvalue weighted by molar-refractivity contribution is 5.81. The first-order chi connectivity index (χ1) is 14.0. The number of aryl methyl sites for hydroxylation is 4. The maximum Gasteiger partial charge on any atom is 0.161 e. The van der Waals surface area contributed by atoms with E-state index in [1.165, 1.54) is 27.8 Å². The van der Waals surface area contributed by atoms with Crippen molar-refractivity contribution in [2.75, 3.05) is 12.5 Å². The number of ether oxygens (including phenoxy) is 2. The van der Waals surface area contributed by atoms with Gasteiger partial charge in [0.25, 0.3) is 0 Å². The monoisotopic (exact) mass is 388 g/mol. The molecule has 0 saturated heterocycles. The molecular formula is C25H28N2O2. The minimum Gasteiger partial charge on any atom is -0.493 e. The van der Waals surface area contributed by atoms with Gasteiger partial charge >= 0.3 is 0 Å². The molecule has 3 rings (SSSR count).